The molecular weight excluding hydrogens is 488 g/mol. The fourth-order valence-corrected chi connectivity index (χ4v) is 6.26. The first-order chi connectivity index (χ1) is 16.6. The molecule has 2 aliphatic rings. The first-order valence-electron chi connectivity index (χ1n) is 11.7. The highest BCUT2D eigenvalue weighted by atomic mass is 35.5. The van der Waals surface area contributed by atoms with Gasteiger partial charge in [0.05, 0.1) is 24.2 Å². The van der Waals surface area contributed by atoms with Crippen LogP contribution in [0.1, 0.15) is 10.4 Å². The first kappa shape index (κ1) is 24.1. The number of nitrogens with zero attached hydrogens (tertiary/aromatic N) is 6. The number of benzene rings is 1. The number of hydrogen-bond donors (Lipinski definition) is 0. The minimum Gasteiger partial charge on any atom is -0.497 e. The lowest BCUT2D eigenvalue weighted by Gasteiger charge is -2.34. The molecule has 1 fully saturated rings. The second-order valence-electron chi connectivity index (χ2n) is 9.11. The van der Waals surface area contributed by atoms with Crippen molar-refractivity contribution in [2.24, 2.45) is 0 Å². The summed E-state index contributed by atoms with van der Waals surface area (Å²) in [5.74, 6) is 1.66. The lowest BCUT2D eigenvalue weighted by molar-refractivity contribution is 0.246. The summed E-state index contributed by atoms with van der Waals surface area (Å²) in [7, 11) is 3.79. The van der Waals surface area contributed by atoms with E-state index < -0.39 is 0 Å². The first-order valence-corrected chi connectivity index (χ1v) is 12.5. The summed E-state index contributed by atoms with van der Waals surface area (Å²) in [6.45, 7) is 6.90. The zero-order valence-electron chi connectivity index (χ0n) is 19.9. The Labute approximate surface area is 213 Å². The highest BCUT2D eigenvalue weighted by Gasteiger charge is 2.24. The van der Waals surface area contributed by atoms with Gasteiger partial charge in [0.25, 0.3) is 5.56 Å². The molecule has 0 radical (unpaired) electrons. The second-order valence-corrected chi connectivity index (χ2v) is 10.2. The van der Waals surface area contributed by atoms with Crippen LogP contribution in [0.15, 0.2) is 33.8 Å². The highest BCUT2D eigenvalue weighted by Crippen LogP contribution is 2.32. The van der Waals surface area contributed by atoms with Crippen LogP contribution in [0.25, 0.3) is 21.2 Å². The van der Waals surface area contributed by atoms with Crippen molar-refractivity contribution in [1.82, 2.24) is 24.5 Å². The molecule has 1 aromatic carbocycles. The summed E-state index contributed by atoms with van der Waals surface area (Å²) in [6.07, 6.45) is 2.65. The van der Waals surface area contributed by atoms with Crippen LogP contribution in [0.5, 0.6) is 5.75 Å². The van der Waals surface area contributed by atoms with Gasteiger partial charge in [0.2, 0.25) is 0 Å². The predicted molar refractivity (Wildman–Crippen MR) is 140 cm³/mol. The highest BCUT2D eigenvalue weighted by molar-refractivity contribution is 7.18. The number of piperazine rings is 1. The second kappa shape index (κ2) is 9.77. The molecule has 0 amide bonds. The van der Waals surface area contributed by atoms with Crippen molar-refractivity contribution in [3.8, 4) is 5.75 Å². The Balaban J connectivity index is 0.00000253. The Morgan fingerprint density at radius 1 is 1.14 bits per heavy atom. The minimum absolute atomic E-state index is 0. The quantitative estimate of drug-likeness (QED) is 0.400. The van der Waals surface area contributed by atoms with Gasteiger partial charge in [-0.05, 0) is 37.2 Å². The van der Waals surface area contributed by atoms with E-state index in [1.165, 1.54) is 10.4 Å². The largest absolute Gasteiger partial charge is 0.497 e. The number of thiophene rings is 1. The van der Waals surface area contributed by atoms with Gasteiger partial charge < -0.3 is 19.1 Å². The number of methoxy groups -OCH3 is 1. The lowest BCUT2D eigenvalue weighted by Crippen LogP contribution is -2.47. The topological polar surface area (TPSA) is 79.9 Å². The monoisotopic (exact) mass is 516 g/mol. The number of ether oxygens (including phenoxy) is 1. The number of aromatic nitrogens is 3. The van der Waals surface area contributed by atoms with Gasteiger partial charge in [-0.1, -0.05) is 5.16 Å². The van der Waals surface area contributed by atoms with E-state index in [4.69, 9.17) is 9.26 Å². The molecule has 6 rings (SSSR count). The van der Waals surface area contributed by atoms with Crippen molar-refractivity contribution >= 4 is 50.7 Å². The minimum atomic E-state index is 0. The third-order valence-electron chi connectivity index (χ3n) is 7.01. The molecule has 0 unspecified atom stereocenters. The molecule has 1 saturated heterocycles. The molecule has 35 heavy (non-hydrogen) atoms. The van der Waals surface area contributed by atoms with E-state index in [-0.39, 0.29) is 18.0 Å². The molecule has 0 spiro atoms. The summed E-state index contributed by atoms with van der Waals surface area (Å²) in [4.78, 5) is 27.0. The zero-order chi connectivity index (χ0) is 23.2. The van der Waals surface area contributed by atoms with E-state index in [1.54, 1.807) is 29.3 Å². The number of halogens is 1. The Morgan fingerprint density at radius 3 is 2.77 bits per heavy atom. The number of fused-ring (bicyclic) bond motifs is 4. The maximum atomic E-state index is 13.3. The summed E-state index contributed by atoms with van der Waals surface area (Å²) in [6, 6.07) is 5.75. The van der Waals surface area contributed by atoms with Crippen molar-refractivity contribution in [2.75, 3.05) is 58.3 Å². The van der Waals surface area contributed by atoms with Gasteiger partial charge in [0, 0.05) is 57.2 Å². The van der Waals surface area contributed by atoms with Gasteiger partial charge in [0.1, 0.15) is 10.6 Å². The number of hydrogen-bond acceptors (Lipinski definition) is 9. The molecule has 5 heterocycles. The molecule has 4 aromatic rings. The van der Waals surface area contributed by atoms with Crippen LogP contribution in [-0.4, -0.2) is 77.9 Å². The molecule has 0 bridgehead atoms. The van der Waals surface area contributed by atoms with Crippen LogP contribution in [0, 0.1) is 0 Å². The van der Waals surface area contributed by atoms with Crippen molar-refractivity contribution < 1.29 is 9.26 Å². The third kappa shape index (κ3) is 4.40. The number of rotatable bonds is 5. The van der Waals surface area contributed by atoms with E-state index >= 15 is 0 Å². The normalized spacial score (nSPS) is 17.0. The lowest BCUT2D eigenvalue weighted by atomic mass is 10.1. The van der Waals surface area contributed by atoms with Crippen LogP contribution in [-0.2, 0) is 19.5 Å². The molecule has 0 saturated carbocycles. The standard InChI is InChI=1S/C24H28N6O3S.ClH/c1-27-6-5-17-20(14-27)34-23-21(17)24(31)30(15-25-23)12-9-28-7-10-29(11-8-28)22-18-13-16(32-2)3-4-19(18)33-26-22;/h3-4,13,15H,5-12,14H2,1-2H3;1H. The summed E-state index contributed by atoms with van der Waals surface area (Å²) in [5.41, 5.74) is 2.09. The predicted octanol–water partition coefficient (Wildman–Crippen LogP) is 2.84. The summed E-state index contributed by atoms with van der Waals surface area (Å²) >= 11 is 1.67. The molecular formula is C24H29ClN6O3S. The molecule has 0 atom stereocenters. The van der Waals surface area contributed by atoms with Crippen LogP contribution in [0.3, 0.4) is 0 Å². The van der Waals surface area contributed by atoms with Crippen molar-refractivity contribution in [1.29, 1.82) is 0 Å². The molecule has 3 aromatic heterocycles. The molecule has 0 aliphatic carbocycles. The fourth-order valence-electron chi connectivity index (χ4n) is 5.00. The Hall–Kier alpha value is -2.66. The zero-order valence-corrected chi connectivity index (χ0v) is 21.5. The Kier molecular flexibility index (Phi) is 6.71. The summed E-state index contributed by atoms with van der Waals surface area (Å²) < 4.78 is 12.7. The van der Waals surface area contributed by atoms with Crippen molar-refractivity contribution in [3.63, 3.8) is 0 Å². The van der Waals surface area contributed by atoms with Gasteiger partial charge in [-0.25, -0.2) is 4.98 Å². The summed E-state index contributed by atoms with van der Waals surface area (Å²) in [5, 5.41) is 6.13. The van der Waals surface area contributed by atoms with Crippen molar-refractivity contribution in [2.45, 2.75) is 19.5 Å². The van der Waals surface area contributed by atoms with Gasteiger partial charge in [-0.2, -0.15) is 0 Å². The van der Waals surface area contributed by atoms with E-state index in [9.17, 15) is 4.79 Å². The molecule has 11 heteroatoms. The molecule has 186 valence electrons. The van der Waals surface area contributed by atoms with E-state index in [1.807, 2.05) is 18.2 Å². The third-order valence-corrected chi connectivity index (χ3v) is 8.13. The average molecular weight is 517 g/mol. The maximum Gasteiger partial charge on any atom is 0.262 e. The Morgan fingerprint density at radius 2 is 1.97 bits per heavy atom. The van der Waals surface area contributed by atoms with Crippen LogP contribution in [0.4, 0.5) is 5.82 Å². The van der Waals surface area contributed by atoms with Crippen LogP contribution >= 0.6 is 23.7 Å². The Bertz CT molecular complexity index is 1410. The van der Waals surface area contributed by atoms with Crippen molar-refractivity contribution in [3.05, 3.63) is 45.3 Å². The van der Waals surface area contributed by atoms with Gasteiger partial charge in [-0.15, -0.1) is 23.7 Å². The average Bonchev–Trinajstić information content (AvgIpc) is 3.44. The fraction of sp³-hybridized carbons (Fsp3) is 0.458. The maximum absolute atomic E-state index is 13.3. The van der Waals surface area contributed by atoms with Crippen LogP contribution < -0.4 is 15.2 Å². The molecule has 9 nitrogen and oxygen atoms in total. The smallest absolute Gasteiger partial charge is 0.262 e. The number of likely N-dealkylation sites (N-methyl/N-ethyl adjacent to an activating group) is 1. The van der Waals surface area contributed by atoms with Gasteiger partial charge in [0.15, 0.2) is 11.4 Å². The van der Waals surface area contributed by atoms with E-state index in [0.29, 0.717) is 6.54 Å². The SMILES string of the molecule is COc1ccc2onc(N3CCN(CCn4cnc5sc6c(c5c4=O)CCN(C)C6)CC3)c2c1.Cl. The van der Waals surface area contributed by atoms with E-state index in [0.717, 1.165) is 85.0 Å². The van der Waals surface area contributed by atoms with Crippen LogP contribution in [0.2, 0.25) is 0 Å². The van der Waals surface area contributed by atoms with Gasteiger partial charge in [-0.3, -0.25) is 14.3 Å². The molecule has 2 aliphatic heterocycles. The number of anilines is 1. The molecule has 0 N–H and O–H groups in total. The van der Waals surface area contributed by atoms with Gasteiger partial charge >= 0.3 is 0 Å². The van der Waals surface area contributed by atoms with E-state index in [2.05, 4.69) is 31.9 Å².